The van der Waals surface area contributed by atoms with Crippen LogP contribution >= 0.6 is 11.6 Å². The predicted octanol–water partition coefficient (Wildman–Crippen LogP) is 4.40. The summed E-state index contributed by atoms with van der Waals surface area (Å²) in [5, 5.41) is 0.427. The third-order valence-corrected chi connectivity index (χ3v) is 3.90. The van der Waals surface area contributed by atoms with E-state index >= 15 is 0 Å². The highest BCUT2D eigenvalue weighted by Crippen LogP contribution is 2.30. The van der Waals surface area contributed by atoms with Crippen LogP contribution in [0.25, 0.3) is 6.08 Å². The summed E-state index contributed by atoms with van der Waals surface area (Å²) < 4.78 is 13.7. The second-order valence-corrected chi connectivity index (χ2v) is 5.36. The molecular formula is C15H19ClFN. The van der Waals surface area contributed by atoms with Crippen molar-refractivity contribution in [3.8, 4) is 0 Å². The van der Waals surface area contributed by atoms with Gasteiger partial charge in [-0.25, -0.2) is 4.39 Å². The first-order valence-corrected chi connectivity index (χ1v) is 6.94. The van der Waals surface area contributed by atoms with Crippen molar-refractivity contribution >= 4 is 17.7 Å². The first kappa shape index (κ1) is 13.6. The smallest absolute Gasteiger partial charge is 0.131 e. The number of halogens is 2. The van der Waals surface area contributed by atoms with Gasteiger partial charge in [0.1, 0.15) is 5.82 Å². The van der Waals surface area contributed by atoms with Crippen LogP contribution in [0.5, 0.6) is 0 Å². The molecule has 1 saturated carbocycles. The number of benzene rings is 1. The largest absolute Gasteiger partial charge is 0.327 e. The summed E-state index contributed by atoms with van der Waals surface area (Å²) >= 11 is 5.75. The minimum absolute atomic E-state index is 0.274. The fourth-order valence-corrected chi connectivity index (χ4v) is 2.79. The van der Waals surface area contributed by atoms with E-state index in [1.807, 2.05) is 6.08 Å². The van der Waals surface area contributed by atoms with Gasteiger partial charge in [-0.3, -0.25) is 0 Å². The van der Waals surface area contributed by atoms with Crippen molar-refractivity contribution in [2.24, 2.45) is 11.7 Å². The van der Waals surface area contributed by atoms with Crippen LogP contribution in [0.4, 0.5) is 4.39 Å². The lowest BCUT2D eigenvalue weighted by atomic mass is 9.83. The molecule has 0 unspecified atom stereocenters. The SMILES string of the molecule is NC/C(=C/c1ccc(Cl)cc1F)C1CCCCC1. The summed E-state index contributed by atoms with van der Waals surface area (Å²) in [4.78, 5) is 0. The lowest BCUT2D eigenvalue weighted by Crippen LogP contribution is -2.16. The van der Waals surface area contributed by atoms with Gasteiger partial charge in [-0.1, -0.05) is 48.6 Å². The van der Waals surface area contributed by atoms with Gasteiger partial charge in [0.25, 0.3) is 0 Å². The molecule has 1 aliphatic carbocycles. The van der Waals surface area contributed by atoms with Crippen LogP contribution in [0.1, 0.15) is 37.7 Å². The zero-order chi connectivity index (χ0) is 13.0. The topological polar surface area (TPSA) is 26.0 Å². The van der Waals surface area contributed by atoms with Crippen molar-refractivity contribution in [2.45, 2.75) is 32.1 Å². The van der Waals surface area contributed by atoms with Crippen LogP contribution in [0.2, 0.25) is 5.02 Å². The molecule has 3 heteroatoms. The van der Waals surface area contributed by atoms with Crippen LogP contribution < -0.4 is 5.73 Å². The van der Waals surface area contributed by atoms with Crippen LogP contribution in [0.3, 0.4) is 0 Å². The second-order valence-electron chi connectivity index (χ2n) is 4.92. The monoisotopic (exact) mass is 267 g/mol. The Morgan fingerprint density at radius 2 is 2.06 bits per heavy atom. The number of hydrogen-bond donors (Lipinski definition) is 1. The Labute approximate surface area is 113 Å². The van der Waals surface area contributed by atoms with Crippen LogP contribution in [0, 0.1) is 11.7 Å². The Bertz CT molecular complexity index is 436. The lowest BCUT2D eigenvalue weighted by molar-refractivity contribution is 0.401. The molecule has 18 heavy (non-hydrogen) atoms. The highest BCUT2D eigenvalue weighted by Gasteiger charge is 2.17. The molecule has 0 amide bonds. The maximum atomic E-state index is 13.7. The molecule has 1 aromatic carbocycles. The van der Waals surface area contributed by atoms with Crippen molar-refractivity contribution in [1.82, 2.24) is 0 Å². The molecule has 1 fully saturated rings. The van der Waals surface area contributed by atoms with Crippen molar-refractivity contribution in [3.63, 3.8) is 0 Å². The van der Waals surface area contributed by atoms with E-state index in [1.54, 1.807) is 12.1 Å². The fraction of sp³-hybridized carbons (Fsp3) is 0.467. The molecule has 0 aromatic heterocycles. The van der Waals surface area contributed by atoms with Gasteiger partial charge in [-0.05, 0) is 30.9 Å². The van der Waals surface area contributed by atoms with E-state index in [2.05, 4.69) is 0 Å². The van der Waals surface area contributed by atoms with E-state index in [-0.39, 0.29) is 5.82 Å². The van der Waals surface area contributed by atoms with E-state index < -0.39 is 0 Å². The van der Waals surface area contributed by atoms with Gasteiger partial charge in [-0.15, -0.1) is 0 Å². The maximum Gasteiger partial charge on any atom is 0.131 e. The normalized spacial score (nSPS) is 18.1. The van der Waals surface area contributed by atoms with Gasteiger partial charge < -0.3 is 5.73 Å². The summed E-state index contributed by atoms with van der Waals surface area (Å²) in [6.07, 6.45) is 8.08. The highest BCUT2D eigenvalue weighted by atomic mass is 35.5. The summed E-state index contributed by atoms with van der Waals surface area (Å²) in [5.41, 5.74) is 7.57. The molecule has 2 rings (SSSR count). The molecular weight excluding hydrogens is 249 g/mol. The van der Waals surface area contributed by atoms with Gasteiger partial charge in [-0.2, -0.15) is 0 Å². The minimum Gasteiger partial charge on any atom is -0.327 e. The Morgan fingerprint density at radius 3 is 2.67 bits per heavy atom. The van der Waals surface area contributed by atoms with Crippen molar-refractivity contribution < 1.29 is 4.39 Å². The molecule has 0 saturated heterocycles. The molecule has 2 N–H and O–H groups in total. The minimum atomic E-state index is -0.274. The van der Waals surface area contributed by atoms with Crippen molar-refractivity contribution in [2.75, 3.05) is 6.54 Å². The molecule has 1 aromatic rings. The van der Waals surface area contributed by atoms with Crippen molar-refractivity contribution in [3.05, 3.63) is 40.2 Å². The number of rotatable bonds is 3. The maximum absolute atomic E-state index is 13.7. The average Bonchev–Trinajstić information content (AvgIpc) is 2.39. The first-order chi connectivity index (χ1) is 8.70. The number of hydrogen-bond acceptors (Lipinski definition) is 1. The zero-order valence-corrected chi connectivity index (χ0v) is 11.2. The van der Waals surface area contributed by atoms with E-state index in [0.717, 1.165) is 5.57 Å². The van der Waals surface area contributed by atoms with Crippen LogP contribution in [-0.2, 0) is 0 Å². The van der Waals surface area contributed by atoms with Gasteiger partial charge in [0.15, 0.2) is 0 Å². The highest BCUT2D eigenvalue weighted by molar-refractivity contribution is 6.30. The predicted molar refractivity (Wildman–Crippen MR) is 75.0 cm³/mol. The first-order valence-electron chi connectivity index (χ1n) is 6.56. The van der Waals surface area contributed by atoms with Crippen LogP contribution in [0.15, 0.2) is 23.8 Å². The molecule has 0 spiro atoms. The van der Waals surface area contributed by atoms with E-state index in [9.17, 15) is 4.39 Å². The van der Waals surface area contributed by atoms with E-state index in [1.165, 1.54) is 38.2 Å². The average molecular weight is 268 g/mol. The molecule has 1 nitrogen and oxygen atoms in total. The summed E-state index contributed by atoms with van der Waals surface area (Å²) in [7, 11) is 0. The third kappa shape index (κ3) is 3.33. The van der Waals surface area contributed by atoms with Gasteiger partial charge in [0.2, 0.25) is 0 Å². The quantitative estimate of drug-likeness (QED) is 0.863. The second kappa shape index (κ2) is 6.35. The van der Waals surface area contributed by atoms with Gasteiger partial charge in [0, 0.05) is 17.1 Å². The van der Waals surface area contributed by atoms with Gasteiger partial charge in [0.05, 0.1) is 0 Å². The number of nitrogens with two attached hydrogens (primary N) is 1. The van der Waals surface area contributed by atoms with Crippen molar-refractivity contribution in [1.29, 1.82) is 0 Å². The molecule has 0 radical (unpaired) electrons. The molecule has 0 heterocycles. The fourth-order valence-electron chi connectivity index (χ4n) is 2.64. The molecule has 1 aliphatic rings. The third-order valence-electron chi connectivity index (χ3n) is 3.67. The van der Waals surface area contributed by atoms with Gasteiger partial charge >= 0.3 is 0 Å². The zero-order valence-electron chi connectivity index (χ0n) is 10.5. The molecule has 0 aliphatic heterocycles. The van der Waals surface area contributed by atoms with E-state index in [4.69, 9.17) is 17.3 Å². The standard InChI is InChI=1S/C15H19ClFN/c16-14-7-6-12(15(17)9-14)8-13(10-18)11-4-2-1-3-5-11/h6-9,11H,1-5,10,18H2/b13-8-. The Hall–Kier alpha value is -0.860. The Kier molecular flexibility index (Phi) is 4.79. The Morgan fingerprint density at radius 1 is 1.33 bits per heavy atom. The summed E-state index contributed by atoms with van der Waals surface area (Å²) in [5.74, 6) is 0.253. The molecule has 0 bridgehead atoms. The van der Waals surface area contributed by atoms with E-state index in [0.29, 0.717) is 23.0 Å². The molecule has 0 atom stereocenters. The van der Waals surface area contributed by atoms with Crippen LogP contribution in [-0.4, -0.2) is 6.54 Å². The molecule has 98 valence electrons. The lowest BCUT2D eigenvalue weighted by Gasteiger charge is -2.24. The summed E-state index contributed by atoms with van der Waals surface area (Å²) in [6.45, 7) is 0.507. The Balaban J connectivity index is 2.22. The summed E-state index contributed by atoms with van der Waals surface area (Å²) in [6, 6.07) is 4.78.